The van der Waals surface area contributed by atoms with Crippen LogP contribution in [-0.2, 0) is 12.5 Å². The number of hydrogen-bond acceptors (Lipinski definition) is 5. The molecular weight excluding hydrogens is 441 g/mol. The number of alkyl halides is 5. The highest BCUT2D eigenvalue weighted by atomic mass is 19.4. The molecule has 0 spiro atoms. The van der Waals surface area contributed by atoms with Crippen molar-refractivity contribution in [2.24, 2.45) is 0 Å². The summed E-state index contributed by atoms with van der Waals surface area (Å²) >= 11 is 0. The van der Waals surface area contributed by atoms with Crippen LogP contribution in [0.3, 0.4) is 0 Å². The monoisotopic (exact) mass is 459 g/mol. The molecular formula is C18H18F5N7O2. The average Bonchev–Trinajstić information content (AvgIpc) is 3.29. The van der Waals surface area contributed by atoms with Crippen molar-refractivity contribution in [1.29, 1.82) is 0 Å². The topological polar surface area (TPSA) is 97.4 Å². The number of aromatic nitrogens is 5. The second kappa shape index (κ2) is 7.84. The van der Waals surface area contributed by atoms with E-state index in [-0.39, 0.29) is 27.2 Å². The number of nitrogens with zero attached hydrogens (tertiary/aromatic N) is 6. The largest absolute Gasteiger partial charge is 0.459 e. The number of carbonyl (C=O) groups excluding carboxylic acids is 2. The summed E-state index contributed by atoms with van der Waals surface area (Å²) in [6.45, 7) is 3.28. The van der Waals surface area contributed by atoms with Crippen LogP contribution in [0.4, 0.5) is 27.6 Å². The fourth-order valence-corrected chi connectivity index (χ4v) is 2.92. The maximum Gasteiger partial charge on any atom is 0.459 e. The second-order valence-corrected chi connectivity index (χ2v) is 7.03. The van der Waals surface area contributed by atoms with Crippen LogP contribution in [0.25, 0.3) is 5.65 Å². The molecule has 0 atom stereocenters. The molecule has 0 aliphatic carbocycles. The number of hydrogen-bond donors (Lipinski definition) is 1. The van der Waals surface area contributed by atoms with Crippen LogP contribution >= 0.6 is 0 Å². The summed E-state index contributed by atoms with van der Waals surface area (Å²) in [7, 11) is 3.00. The van der Waals surface area contributed by atoms with Crippen molar-refractivity contribution < 1.29 is 31.5 Å². The Morgan fingerprint density at radius 3 is 2.38 bits per heavy atom. The van der Waals surface area contributed by atoms with E-state index in [9.17, 15) is 31.5 Å². The molecule has 0 radical (unpaired) electrons. The van der Waals surface area contributed by atoms with Gasteiger partial charge >= 0.3 is 12.1 Å². The predicted octanol–water partition coefficient (Wildman–Crippen LogP) is 2.86. The molecule has 0 aliphatic rings. The Morgan fingerprint density at radius 2 is 1.81 bits per heavy atom. The van der Waals surface area contributed by atoms with Gasteiger partial charge in [-0.3, -0.25) is 14.3 Å². The first kappa shape index (κ1) is 23.1. The van der Waals surface area contributed by atoms with Crippen LogP contribution in [0.5, 0.6) is 0 Å². The van der Waals surface area contributed by atoms with Crippen LogP contribution < -0.4 is 5.32 Å². The van der Waals surface area contributed by atoms with Gasteiger partial charge in [0.15, 0.2) is 11.3 Å². The Balaban J connectivity index is 2.04. The molecule has 32 heavy (non-hydrogen) atoms. The molecule has 9 nitrogen and oxygen atoms in total. The Hall–Kier alpha value is -3.58. The average molecular weight is 459 g/mol. The van der Waals surface area contributed by atoms with E-state index in [1.165, 1.54) is 36.8 Å². The maximum absolute atomic E-state index is 14.0. The molecule has 0 unspecified atom stereocenters. The number of rotatable bonds is 5. The predicted molar refractivity (Wildman–Crippen MR) is 102 cm³/mol. The lowest BCUT2D eigenvalue weighted by molar-refractivity contribution is -0.291. The first-order chi connectivity index (χ1) is 14.8. The Labute approximate surface area is 177 Å². The van der Waals surface area contributed by atoms with Crippen molar-refractivity contribution in [1.82, 2.24) is 29.3 Å². The van der Waals surface area contributed by atoms with Crippen LogP contribution in [0.2, 0.25) is 0 Å². The molecule has 2 amide bonds. The lowest BCUT2D eigenvalue weighted by Crippen LogP contribution is -2.36. The summed E-state index contributed by atoms with van der Waals surface area (Å²) in [5.74, 6) is -6.64. The van der Waals surface area contributed by atoms with Crippen molar-refractivity contribution in [2.75, 3.05) is 19.4 Å². The zero-order chi connectivity index (χ0) is 24.0. The number of anilines is 1. The van der Waals surface area contributed by atoms with Gasteiger partial charge in [-0.05, 0) is 19.9 Å². The van der Waals surface area contributed by atoms with Crippen molar-refractivity contribution in [2.45, 2.75) is 32.5 Å². The van der Waals surface area contributed by atoms with Crippen molar-refractivity contribution in [3.05, 3.63) is 41.1 Å². The van der Waals surface area contributed by atoms with E-state index in [1.54, 1.807) is 6.92 Å². The molecule has 0 aromatic carbocycles. The molecule has 0 saturated carbocycles. The molecule has 14 heteroatoms. The molecule has 3 aromatic rings. The smallest absolute Gasteiger partial charge is 0.343 e. The van der Waals surface area contributed by atoms with Gasteiger partial charge in [0.05, 0.1) is 11.9 Å². The molecule has 3 rings (SSSR count). The van der Waals surface area contributed by atoms with Crippen LogP contribution in [0.15, 0.2) is 18.3 Å². The number of halogens is 5. The third-order valence-corrected chi connectivity index (χ3v) is 4.46. The highest BCUT2D eigenvalue weighted by Gasteiger charge is 2.60. The van der Waals surface area contributed by atoms with E-state index in [0.29, 0.717) is 12.6 Å². The lowest BCUT2D eigenvalue weighted by Gasteiger charge is -2.20. The van der Waals surface area contributed by atoms with Gasteiger partial charge in [-0.25, -0.2) is 9.50 Å². The van der Waals surface area contributed by atoms with Crippen LogP contribution in [-0.4, -0.2) is 61.4 Å². The highest BCUT2D eigenvalue weighted by Crippen LogP contribution is 2.43. The molecule has 0 aliphatic heterocycles. The summed E-state index contributed by atoms with van der Waals surface area (Å²) in [5.41, 5.74) is -2.36. The number of amides is 2. The molecule has 1 N–H and O–H groups in total. The van der Waals surface area contributed by atoms with Crippen molar-refractivity contribution in [3.63, 3.8) is 0 Å². The molecule has 3 aromatic heterocycles. The second-order valence-electron chi connectivity index (χ2n) is 7.03. The van der Waals surface area contributed by atoms with Gasteiger partial charge in [-0.15, -0.1) is 0 Å². The third-order valence-electron chi connectivity index (χ3n) is 4.46. The number of aryl methyl sites for hydroxylation is 2. The summed E-state index contributed by atoms with van der Waals surface area (Å²) in [6.07, 6.45) is -4.65. The van der Waals surface area contributed by atoms with E-state index in [2.05, 4.69) is 20.5 Å². The highest BCUT2D eigenvalue weighted by molar-refractivity contribution is 6.07. The SMILES string of the molecule is CCn1ncc(NC(=O)c2cc3nc(C)cc(C(F)(F)C(F)(F)F)n3n2)c1C(=O)N(C)C. The summed E-state index contributed by atoms with van der Waals surface area (Å²) in [5, 5.41) is 10.0. The Bertz CT molecular complexity index is 1200. The summed E-state index contributed by atoms with van der Waals surface area (Å²) in [4.78, 5) is 30.3. The molecule has 0 saturated heterocycles. The van der Waals surface area contributed by atoms with Crippen LogP contribution in [0.1, 0.15) is 39.3 Å². The van der Waals surface area contributed by atoms with E-state index >= 15 is 0 Å². The van der Waals surface area contributed by atoms with Gasteiger partial charge in [0.25, 0.3) is 11.8 Å². The van der Waals surface area contributed by atoms with Gasteiger partial charge < -0.3 is 10.2 Å². The molecule has 3 heterocycles. The fourth-order valence-electron chi connectivity index (χ4n) is 2.92. The lowest BCUT2D eigenvalue weighted by atomic mass is 10.2. The quantitative estimate of drug-likeness (QED) is 0.592. The fraction of sp³-hybridized carbons (Fsp3) is 0.389. The van der Waals surface area contributed by atoms with Gasteiger partial charge in [0.2, 0.25) is 0 Å². The minimum atomic E-state index is -5.88. The standard InChI is InChI=1S/C18H18F5N7O2/c1-5-29-14(16(32)28(3)4)11(8-24-29)26-15(31)10-7-13-25-9(2)6-12(30(13)27-10)17(19,20)18(21,22)23/h6-8H,5H2,1-4H3,(H,26,31). The van der Waals surface area contributed by atoms with Gasteiger partial charge in [0.1, 0.15) is 11.4 Å². The minimum absolute atomic E-state index is 0.0255. The number of fused-ring (bicyclic) bond motifs is 1. The normalized spacial score (nSPS) is 12.3. The van der Waals surface area contributed by atoms with E-state index in [4.69, 9.17) is 0 Å². The van der Waals surface area contributed by atoms with Crippen LogP contribution in [0, 0.1) is 6.92 Å². The van der Waals surface area contributed by atoms with E-state index in [0.717, 1.165) is 6.07 Å². The molecule has 0 bridgehead atoms. The number of nitrogens with one attached hydrogen (secondary N) is 1. The minimum Gasteiger partial charge on any atom is -0.343 e. The van der Waals surface area contributed by atoms with Gasteiger partial charge in [-0.1, -0.05) is 0 Å². The molecule has 172 valence electrons. The Kier molecular flexibility index (Phi) is 5.65. The zero-order valence-electron chi connectivity index (χ0n) is 17.3. The van der Waals surface area contributed by atoms with Gasteiger partial charge in [0, 0.05) is 32.4 Å². The third kappa shape index (κ3) is 3.87. The van der Waals surface area contributed by atoms with Crippen molar-refractivity contribution >= 4 is 23.1 Å². The van der Waals surface area contributed by atoms with Gasteiger partial charge in [-0.2, -0.15) is 32.1 Å². The summed E-state index contributed by atoms with van der Waals surface area (Å²) in [6, 6.07) is 1.52. The first-order valence-electron chi connectivity index (χ1n) is 9.19. The van der Waals surface area contributed by atoms with E-state index in [1.807, 2.05) is 0 Å². The first-order valence-corrected chi connectivity index (χ1v) is 9.19. The maximum atomic E-state index is 14.0. The van der Waals surface area contributed by atoms with Crippen molar-refractivity contribution in [3.8, 4) is 0 Å². The Morgan fingerprint density at radius 1 is 1.16 bits per heavy atom. The number of carbonyl (C=O) groups is 2. The van der Waals surface area contributed by atoms with E-state index < -0.39 is 35.3 Å². The molecule has 0 fully saturated rings. The summed E-state index contributed by atoms with van der Waals surface area (Å²) < 4.78 is 68.4. The zero-order valence-corrected chi connectivity index (χ0v) is 17.3.